The van der Waals surface area contributed by atoms with E-state index in [2.05, 4.69) is 17.5 Å². The SMILES string of the molecule is Cc1c(C(=O)NCCSCc2ccccc2C#N)sc2ccccc12. The number of thiophene rings is 1. The summed E-state index contributed by atoms with van der Waals surface area (Å²) in [6.07, 6.45) is 0. The number of hydrogen-bond donors (Lipinski definition) is 1. The van der Waals surface area contributed by atoms with Crippen molar-refractivity contribution in [2.75, 3.05) is 12.3 Å². The number of carbonyl (C=O) groups excluding carboxylic acids is 1. The molecule has 2 aromatic carbocycles. The first-order chi connectivity index (χ1) is 12.2. The quantitative estimate of drug-likeness (QED) is 0.641. The molecule has 0 atom stereocenters. The Morgan fingerprint density at radius 2 is 1.96 bits per heavy atom. The first kappa shape index (κ1) is 17.5. The van der Waals surface area contributed by atoms with Crippen LogP contribution in [0.3, 0.4) is 0 Å². The van der Waals surface area contributed by atoms with E-state index in [9.17, 15) is 4.79 Å². The summed E-state index contributed by atoms with van der Waals surface area (Å²) >= 11 is 3.26. The van der Waals surface area contributed by atoms with Crippen LogP contribution >= 0.6 is 23.1 Å². The maximum atomic E-state index is 12.4. The van der Waals surface area contributed by atoms with Crippen molar-refractivity contribution in [1.29, 1.82) is 5.26 Å². The third-order valence-electron chi connectivity index (χ3n) is 3.98. The third-order valence-corrected chi connectivity index (χ3v) is 6.26. The van der Waals surface area contributed by atoms with E-state index in [1.807, 2.05) is 49.4 Å². The number of fused-ring (bicyclic) bond motifs is 1. The second-order valence-electron chi connectivity index (χ2n) is 5.63. The van der Waals surface area contributed by atoms with Crippen molar-refractivity contribution in [3.63, 3.8) is 0 Å². The maximum absolute atomic E-state index is 12.4. The molecule has 126 valence electrons. The van der Waals surface area contributed by atoms with Crippen LogP contribution in [0, 0.1) is 18.3 Å². The lowest BCUT2D eigenvalue weighted by molar-refractivity contribution is 0.0960. The molecule has 5 heteroatoms. The molecule has 0 bridgehead atoms. The van der Waals surface area contributed by atoms with E-state index in [1.165, 1.54) is 0 Å². The molecule has 0 radical (unpaired) electrons. The van der Waals surface area contributed by atoms with Gasteiger partial charge in [0.15, 0.2) is 0 Å². The van der Waals surface area contributed by atoms with Crippen LogP contribution in [0.15, 0.2) is 48.5 Å². The minimum Gasteiger partial charge on any atom is -0.351 e. The Hall–Kier alpha value is -2.29. The van der Waals surface area contributed by atoms with Crippen LogP contribution in [0.1, 0.15) is 26.4 Å². The van der Waals surface area contributed by atoms with E-state index < -0.39 is 0 Å². The minimum atomic E-state index is -0.00303. The van der Waals surface area contributed by atoms with Gasteiger partial charge in [0.1, 0.15) is 0 Å². The normalized spacial score (nSPS) is 10.6. The number of benzene rings is 2. The first-order valence-corrected chi connectivity index (χ1v) is 10.00. The lowest BCUT2D eigenvalue weighted by Gasteiger charge is -2.06. The Labute approximate surface area is 155 Å². The lowest BCUT2D eigenvalue weighted by atomic mass is 10.1. The number of nitrogens with one attached hydrogen (secondary N) is 1. The molecule has 3 aromatic rings. The highest BCUT2D eigenvalue weighted by molar-refractivity contribution is 7.98. The number of hydrogen-bond acceptors (Lipinski definition) is 4. The average Bonchev–Trinajstić information content (AvgIpc) is 2.99. The maximum Gasteiger partial charge on any atom is 0.261 e. The largest absolute Gasteiger partial charge is 0.351 e. The molecule has 0 aliphatic rings. The highest BCUT2D eigenvalue weighted by Crippen LogP contribution is 2.30. The monoisotopic (exact) mass is 366 g/mol. The summed E-state index contributed by atoms with van der Waals surface area (Å²) in [6.45, 7) is 2.62. The van der Waals surface area contributed by atoms with Gasteiger partial charge in [-0.3, -0.25) is 4.79 Å². The van der Waals surface area contributed by atoms with Crippen LogP contribution in [-0.2, 0) is 5.75 Å². The number of nitriles is 1. The van der Waals surface area contributed by atoms with Gasteiger partial charge in [0.25, 0.3) is 5.91 Å². The molecule has 0 fully saturated rings. The van der Waals surface area contributed by atoms with Gasteiger partial charge in [-0.05, 0) is 35.6 Å². The molecule has 1 amide bonds. The Morgan fingerprint density at radius 1 is 1.20 bits per heavy atom. The van der Waals surface area contributed by atoms with Crippen LogP contribution in [0.5, 0.6) is 0 Å². The van der Waals surface area contributed by atoms with Crippen LogP contribution in [0.4, 0.5) is 0 Å². The van der Waals surface area contributed by atoms with E-state index in [1.54, 1.807) is 23.1 Å². The number of amides is 1. The minimum absolute atomic E-state index is 0.00303. The number of carbonyl (C=O) groups is 1. The number of aryl methyl sites for hydroxylation is 1. The molecule has 0 aliphatic carbocycles. The molecular weight excluding hydrogens is 348 g/mol. The second kappa shape index (κ2) is 8.19. The van der Waals surface area contributed by atoms with Crippen molar-refractivity contribution >= 4 is 39.1 Å². The summed E-state index contributed by atoms with van der Waals surface area (Å²) in [5, 5.41) is 13.2. The van der Waals surface area contributed by atoms with E-state index in [4.69, 9.17) is 5.26 Å². The van der Waals surface area contributed by atoms with Gasteiger partial charge in [0.05, 0.1) is 16.5 Å². The molecule has 0 saturated heterocycles. The molecule has 0 unspecified atom stereocenters. The van der Waals surface area contributed by atoms with Gasteiger partial charge >= 0.3 is 0 Å². The van der Waals surface area contributed by atoms with Gasteiger partial charge < -0.3 is 5.32 Å². The van der Waals surface area contributed by atoms with Gasteiger partial charge in [-0.1, -0.05) is 36.4 Å². The van der Waals surface area contributed by atoms with Gasteiger partial charge in [0, 0.05) is 22.8 Å². The fourth-order valence-corrected chi connectivity index (χ4v) is 4.63. The Bertz CT molecular complexity index is 940. The van der Waals surface area contributed by atoms with Gasteiger partial charge in [-0.2, -0.15) is 17.0 Å². The van der Waals surface area contributed by atoms with Crippen LogP contribution in [-0.4, -0.2) is 18.2 Å². The van der Waals surface area contributed by atoms with E-state index in [-0.39, 0.29) is 5.91 Å². The van der Waals surface area contributed by atoms with Crippen LogP contribution < -0.4 is 5.32 Å². The summed E-state index contributed by atoms with van der Waals surface area (Å²) in [4.78, 5) is 13.2. The molecule has 0 spiro atoms. The van der Waals surface area contributed by atoms with E-state index in [0.717, 1.165) is 43.2 Å². The van der Waals surface area contributed by atoms with Gasteiger partial charge in [-0.25, -0.2) is 0 Å². The molecular formula is C20H18N2OS2. The van der Waals surface area contributed by atoms with E-state index in [0.29, 0.717) is 6.54 Å². The van der Waals surface area contributed by atoms with Crippen molar-refractivity contribution in [1.82, 2.24) is 5.32 Å². The van der Waals surface area contributed by atoms with Crippen LogP contribution in [0.2, 0.25) is 0 Å². The average molecular weight is 367 g/mol. The fourth-order valence-electron chi connectivity index (χ4n) is 2.65. The summed E-state index contributed by atoms with van der Waals surface area (Å²) in [5.41, 5.74) is 2.82. The highest BCUT2D eigenvalue weighted by atomic mass is 32.2. The summed E-state index contributed by atoms with van der Waals surface area (Å²) < 4.78 is 1.15. The van der Waals surface area contributed by atoms with E-state index >= 15 is 0 Å². The van der Waals surface area contributed by atoms with Crippen molar-refractivity contribution in [3.8, 4) is 6.07 Å². The summed E-state index contributed by atoms with van der Waals surface area (Å²) in [5.74, 6) is 1.59. The Kier molecular flexibility index (Phi) is 5.75. The standard InChI is InChI=1S/C20H18N2OS2/c1-14-17-8-4-5-9-18(17)25-19(14)20(23)22-10-11-24-13-16-7-3-2-6-15(16)12-21/h2-9H,10-11,13H2,1H3,(H,22,23). The summed E-state index contributed by atoms with van der Waals surface area (Å²) in [6, 6.07) is 17.9. The number of nitrogens with zero attached hydrogens (tertiary/aromatic N) is 1. The molecule has 3 nitrogen and oxygen atoms in total. The molecule has 0 aliphatic heterocycles. The molecule has 25 heavy (non-hydrogen) atoms. The molecule has 1 aromatic heterocycles. The van der Waals surface area contributed by atoms with Crippen molar-refractivity contribution in [3.05, 3.63) is 70.1 Å². The highest BCUT2D eigenvalue weighted by Gasteiger charge is 2.14. The zero-order chi connectivity index (χ0) is 17.6. The van der Waals surface area contributed by atoms with Crippen LogP contribution in [0.25, 0.3) is 10.1 Å². The Morgan fingerprint density at radius 3 is 2.76 bits per heavy atom. The second-order valence-corrected chi connectivity index (χ2v) is 7.79. The van der Waals surface area contributed by atoms with Gasteiger partial charge in [0.2, 0.25) is 0 Å². The van der Waals surface area contributed by atoms with Crippen molar-refractivity contribution < 1.29 is 4.79 Å². The molecule has 0 saturated carbocycles. The fraction of sp³-hybridized carbons (Fsp3) is 0.200. The Balaban J connectivity index is 1.51. The topological polar surface area (TPSA) is 52.9 Å². The zero-order valence-corrected chi connectivity index (χ0v) is 15.5. The summed E-state index contributed by atoms with van der Waals surface area (Å²) in [7, 11) is 0. The molecule has 1 N–H and O–H groups in total. The predicted octanol–water partition coefficient (Wildman–Crippen LogP) is 4.74. The zero-order valence-electron chi connectivity index (χ0n) is 13.9. The third kappa shape index (κ3) is 4.04. The first-order valence-electron chi connectivity index (χ1n) is 8.03. The lowest BCUT2D eigenvalue weighted by Crippen LogP contribution is -2.25. The predicted molar refractivity (Wildman–Crippen MR) is 106 cm³/mol. The van der Waals surface area contributed by atoms with Crippen molar-refractivity contribution in [2.24, 2.45) is 0 Å². The number of rotatable bonds is 6. The molecule has 1 heterocycles. The number of thioether (sulfide) groups is 1. The van der Waals surface area contributed by atoms with Crippen molar-refractivity contribution in [2.45, 2.75) is 12.7 Å². The smallest absolute Gasteiger partial charge is 0.261 e. The molecule has 3 rings (SSSR count). The van der Waals surface area contributed by atoms with Gasteiger partial charge in [-0.15, -0.1) is 11.3 Å².